The van der Waals surface area contributed by atoms with Crippen LogP contribution in [0, 0.1) is 45.3 Å². The molecule has 7 saturated heterocycles. The number of aliphatic hydroxyl groups excluding tert-OH is 13. The standard InChI is InChI=1S/C58H94O26/c1-23(2)15-25-16-56(8,72)47-26-9-10-32-54(6)13-12-33(53(4,5)31(54)11-14-55(32,7)57(26)21-58(47,84-25)76-22-57)80-51-46(83-50-43(71)38(66)34(62)24(3)77-50)44(28(61)19-74-51)81-52-45(82-49-41(69)35(63)27(60)18-73-49)40(68)37(65)30(79-52)20-75-48-42(70)39(67)36(64)29(17-59)78-48/h15,24-52,59-72H,9-14,16-22H2,1-8H3/t24?,25-,26+,27?,28?,29?,30?,31?,32?,33-,34?,35?,36?,37?,38?,39?,40?,41?,42?,43?,44?,45?,46?,47?,48?,49?,50?,51?,52?,54-,55+,56-,57-,58-/m0/s1. The fourth-order valence-corrected chi connectivity index (χ4v) is 18.3. The fourth-order valence-electron chi connectivity index (χ4n) is 18.3. The molecule has 11 fully saturated rings. The molecule has 7 aliphatic heterocycles. The lowest BCUT2D eigenvalue weighted by Gasteiger charge is -2.70. The number of aliphatic hydroxyl groups is 14. The second-order valence-corrected chi connectivity index (χ2v) is 28.2. The zero-order chi connectivity index (χ0) is 60.7. The Morgan fingerprint density at radius 1 is 0.583 bits per heavy atom. The first-order valence-electron chi connectivity index (χ1n) is 30.3. The van der Waals surface area contributed by atoms with E-state index in [1.165, 1.54) is 6.92 Å². The lowest BCUT2D eigenvalue weighted by atomic mass is 9.35. The molecule has 7 heterocycles. The van der Waals surface area contributed by atoms with Crippen molar-refractivity contribution < 1.29 is 128 Å². The molecule has 2 bridgehead atoms. The number of ether oxygens (including phenoxy) is 12. The molecule has 26 unspecified atom stereocenters. The first kappa shape index (κ1) is 64.2. The Bertz CT molecular complexity index is 2330. The molecule has 14 N–H and O–H groups in total. The quantitative estimate of drug-likeness (QED) is 0.0658. The Balaban J connectivity index is 0.870. The summed E-state index contributed by atoms with van der Waals surface area (Å²) in [6, 6.07) is 0. The predicted octanol–water partition coefficient (Wildman–Crippen LogP) is -2.72. The van der Waals surface area contributed by atoms with Crippen LogP contribution in [0.15, 0.2) is 11.6 Å². The zero-order valence-electron chi connectivity index (χ0n) is 49.2. The number of hydrogen-bond donors (Lipinski definition) is 14. The summed E-state index contributed by atoms with van der Waals surface area (Å²) in [6.45, 7) is 14.8. The monoisotopic (exact) mass is 1210 g/mol. The Labute approximate surface area is 488 Å². The SMILES string of the molecule is CC(C)=C[C@H]1C[C@](C)(O)C2[C@H]3CCC4[C@@]5(C)CC[C@H](OC6OCC(O)C(OC7OC(COC8OC(CO)C(O)C(O)C8O)C(O)C(O)C7OC7OCC(O)C(O)C7O)C6OC6OC(C)C(O)C(O)C6O)C(C)(C)C5CC[C@@]4(C)[C@@]34CO[C@@]2(C4)O1. The maximum Gasteiger partial charge on any atom is 0.187 e. The number of rotatable bonds is 13. The van der Waals surface area contributed by atoms with E-state index in [-0.39, 0.29) is 46.0 Å². The predicted molar refractivity (Wildman–Crippen MR) is 283 cm³/mol. The number of hydrogen-bond acceptors (Lipinski definition) is 26. The number of allylic oxidation sites excluding steroid dienone is 1. The highest BCUT2D eigenvalue weighted by atomic mass is 16.8. The molecule has 4 aliphatic carbocycles. The Morgan fingerprint density at radius 3 is 1.93 bits per heavy atom. The first-order chi connectivity index (χ1) is 39.4. The molecule has 11 rings (SSSR count). The van der Waals surface area contributed by atoms with Crippen LogP contribution in [0.1, 0.15) is 107 Å². The van der Waals surface area contributed by atoms with Gasteiger partial charge in [-0.3, -0.25) is 0 Å². The molecule has 34 atom stereocenters. The van der Waals surface area contributed by atoms with Crippen LogP contribution >= 0.6 is 0 Å². The van der Waals surface area contributed by atoms with Crippen LogP contribution in [0.25, 0.3) is 0 Å². The normalized spacial score (nSPS) is 57.1. The van der Waals surface area contributed by atoms with Gasteiger partial charge < -0.3 is 128 Å². The molecule has 0 amide bonds. The van der Waals surface area contributed by atoms with Gasteiger partial charge in [0.1, 0.15) is 104 Å². The molecule has 0 aromatic carbocycles. The molecule has 4 saturated carbocycles. The van der Waals surface area contributed by atoms with E-state index < -0.39 is 191 Å². The van der Waals surface area contributed by atoms with E-state index in [9.17, 15) is 71.5 Å². The summed E-state index contributed by atoms with van der Waals surface area (Å²) in [6.07, 6.45) is -31.8. The maximum atomic E-state index is 12.3. The molecule has 84 heavy (non-hydrogen) atoms. The van der Waals surface area contributed by atoms with Gasteiger partial charge in [-0.25, -0.2) is 0 Å². The summed E-state index contributed by atoms with van der Waals surface area (Å²) in [4.78, 5) is 0. The van der Waals surface area contributed by atoms with Crippen molar-refractivity contribution in [2.24, 2.45) is 45.3 Å². The van der Waals surface area contributed by atoms with E-state index in [0.29, 0.717) is 19.4 Å². The van der Waals surface area contributed by atoms with Gasteiger partial charge in [0, 0.05) is 24.2 Å². The minimum Gasteiger partial charge on any atom is -0.394 e. The van der Waals surface area contributed by atoms with Gasteiger partial charge in [-0.05, 0) is 100 Å². The molecular formula is C58H94O26. The van der Waals surface area contributed by atoms with Crippen molar-refractivity contribution in [3.8, 4) is 0 Å². The van der Waals surface area contributed by atoms with E-state index >= 15 is 0 Å². The van der Waals surface area contributed by atoms with Crippen LogP contribution in [0.5, 0.6) is 0 Å². The molecule has 0 aromatic heterocycles. The molecule has 0 radical (unpaired) electrons. The van der Waals surface area contributed by atoms with E-state index in [0.717, 1.165) is 44.1 Å². The smallest absolute Gasteiger partial charge is 0.187 e. The van der Waals surface area contributed by atoms with Crippen LogP contribution in [0.3, 0.4) is 0 Å². The van der Waals surface area contributed by atoms with Crippen LogP contribution in [-0.4, -0.2) is 269 Å². The molecule has 482 valence electrons. The van der Waals surface area contributed by atoms with Gasteiger partial charge in [0.25, 0.3) is 0 Å². The highest BCUT2D eigenvalue weighted by Gasteiger charge is 2.81. The molecule has 2 spiro atoms. The van der Waals surface area contributed by atoms with Gasteiger partial charge >= 0.3 is 0 Å². The lowest BCUT2D eigenvalue weighted by molar-refractivity contribution is -0.401. The fraction of sp³-hybridized carbons (Fsp3) is 0.966. The maximum absolute atomic E-state index is 12.3. The number of fused-ring (bicyclic) bond motifs is 4. The van der Waals surface area contributed by atoms with E-state index in [1.807, 2.05) is 20.8 Å². The van der Waals surface area contributed by atoms with Crippen molar-refractivity contribution >= 4 is 0 Å². The third-order valence-electron chi connectivity index (χ3n) is 22.5. The summed E-state index contributed by atoms with van der Waals surface area (Å²) < 4.78 is 75.5. The molecule has 26 nitrogen and oxygen atoms in total. The van der Waals surface area contributed by atoms with Crippen LogP contribution in [0.2, 0.25) is 0 Å². The summed E-state index contributed by atoms with van der Waals surface area (Å²) in [7, 11) is 0. The molecule has 0 aromatic rings. The Hall–Kier alpha value is -1.30. The third-order valence-corrected chi connectivity index (χ3v) is 22.5. The highest BCUT2D eigenvalue weighted by molar-refractivity contribution is 5.27. The topological polar surface area (TPSA) is 394 Å². The van der Waals surface area contributed by atoms with Crippen molar-refractivity contribution in [2.75, 3.05) is 33.0 Å². The largest absolute Gasteiger partial charge is 0.394 e. The summed E-state index contributed by atoms with van der Waals surface area (Å²) in [5.74, 6) is -0.440. The zero-order valence-corrected chi connectivity index (χ0v) is 49.2. The Kier molecular flexibility index (Phi) is 17.9. The lowest BCUT2D eigenvalue weighted by Crippen LogP contribution is -2.68. The third kappa shape index (κ3) is 10.5. The van der Waals surface area contributed by atoms with Gasteiger partial charge in [0.15, 0.2) is 37.2 Å². The van der Waals surface area contributed by atoms with Crippen molar-refractivity contribution in [1.82, 2.24) is 0 Å². The summed E-state index contributed by atoms with van der Waals surface area (Å²) in [5, 5.41) is 154. The van der Waals surface area contributed by atoms with Crippen molar-refractivity contribution in [2.45, 2.75) is 272 Å². The molecular weight excluding hydrogens is 1110 g/mol. The first-order valence-corrected chi connectivity index (χ1v) is 30.3. The second-order valence-electron chi connectivity index (χ2n) is 28.2. The van der Waals surface area contributed by atoms with Gasteiger partial charge in [0.2, 0.25) is 0 Å². The van der Waals surface area contributed by atoms with Gasteiger partial charge in [0.05, 0.1) is 56.9 Å². The van der Waals surface area contributed by atoms with Crippen molar-refractivity contribution in [3.05, 3.63) is 11.6 Å². The van der Waals surface area contributed by atoms with Crippen molar-refractivity contribution in [3.63, 3.8) is 0 Å². The Morgan fingerprint density at radius 2 is 1.21 bits per heavy atom. The van der Waals surface area contributed by atoms with Crippen LogP contribution in [0.4, 0.5) is 0 Å². The van der Waals surface area contributed by atoms with Gasteiger partial charge in [-0.1, -0.05) is 39.3 Å². The van der Waals surface area contributed by atoms with Crippen LogP contribution in [-0.2, 0) is 56.8 Å². The van der Waals surface area contributed by atoms with Gasteiger partial charge in [-0.2, -0.15) is 0 Å². The summed E-state index contributed by atoms with van der Waals surface area (Å²) in [5.41, 5.74) is -0.980. The highest BCUT2D eigenvalue weighted by Crippen LogP contribution is 2.80. The average Bonchev–Trinajstić information content (AvgIpc) is 1.44. The second kappa shape index (κ2) is 23.4. The van der Waals surface area contributed by atoms with Crippen LogP contribution < -0.4 is 0 Å². The van der Waals surface area contributed by atoms with E-state index in [4.69, 9.17) is 56.8 Å². The minimum atomic E-state index is -2.04. The van der Waals surface area contributed by atoms with Gasteiger partial charge in [-0.15, -0.1) is 0 Å². The molecule has 26 heteroatoms. The van der Waals surface area contributed by atoms with E-state index in [2.05, 4.69) is 33.8 Å². The average molecular weight is 1210 g/mol. The minimum absolute atomic E-state index is 0.110. The molecule has 11 aliphatic rings. The summed E-state index contributed by atoms with van der Waals surface area (Å²) >= 11 is 0. The van der Waals surface area contributed by atoms with Crippen molar-refractivity contribution in [1.29, 1.82) is 0 Å². The van der Waals surface area contributed by atoms with E-state index in [1.54, 1.807) is 0 Å².